The van der Waals surface area contributed by atoms with E-state index in [-0.39, 0.29) is 23.1 Å². The van der Waals surface area contributed by atoms with Gasteiger partial charge in [-0.3, -0.25) is 4.79 Å². The molecule has 0 bridgehead atoms. The van der Waals surface area contributed by atoms with E-state index in [9.17, 15) is 24.6 Å². The van der Waals surface area contributed by atoms with Crippen LogP contribution >= 0.6 is 0 Å². The third kappa shape index (κ3) is 7.84. The number of hydrogen-bond donors (Lipinski definition) is 3. The number of aryl methyl sites for hydroxylation is 2. The zero-order valence-corrected chi connectivity index (χ0v) is 31.7. The summed E-state index contributed by atoms with van der Waals surface area (Å²) in [5.41, 5.74) is 7.02. The van der Waals surface area contributed by atoms with Crippen LogP contribution in [0.3, 0.4) is 0 Å². The molecule has 2 aliphatic heterocycles. The summed E-state index contributed by atoms with van der Waals surface area (Å²) in [6.07, 6.45) is 11.0. The fourth-order valence-electron chi connectivity index (χ4n) is 8.37. The molecule has 0 spiro atoms. The van der Waals surface area contributed by atoms with Gasteiger partial charge in [0.05, 0.1) is 17.2 Å². The zero-order valence-electron chi connectivity index (χ0n) is 31.7. The van der Waals surface area contributed by atoms with Gasteiger partial charge in [0.1, 0.15) is 0 Å². The topological polar surface area (TPSA) is 110 Å². The number of carboxylic acid groups (broad SMARTS) is 2. The summed E-state index contributed by atoms with van der Waals surface area (Å²) >= 11 is 0. The normalized spacial score (nSPS) is 19.3. The van der Waals surface area contributed by atoms with Crippen LogP contribution in [0.1, 0.15) is 89.4 Å². The fraction of sp³-hybridized carbons (Fsp3) is 0.326. The highest BCUT2D eigenvalue weighted by Gasteiger charge is 2.47. The van der Waals surface area contributed by atoms with E-state index in [1.165, 1.54) is 11.1 Å². The van der Waals surface area contributed by atoms with Gasteiger partial charge in [0.15, 0.2) is 0 Å². The third-order valence-electron chi connectivity index (χ3n) is 11.4. The Labute approximate surface area is 318 Å². The predicted octanol–water partition coefficient (Wildman–Crippen LogP) is 8.56. The highest BCUT2D eigenvalue weighted by Crippen LogP contribution is 2.50. The smallest absolute Gasteiger partial charge is 0.335 e. The van der Waals surface area contributed by atoms with E-state index < -0.39 is 22.8 Å². The number of anilines is 2. The van der Waals surface area contributed by atoms with Crippen molar-refractivity contribution >= 4 is 29.2 Å². The lowest BCUT2D eigenvalue weighted by atomic mass is 9.74. The molecule has 0 aromatic heterocycles. The van der Waals surface area contributed by atoms with E-state index >= 15 is 0 Å². The van der Waals surface area contributed by atoms with Crippen LogP contribution in [-0.4, -0.2) is 54.2 Å². The molecule has 54 heavy (non-hydrogen) atoms. The fourth-order valence-corrected chi connectivity index (χ4v) is 8.37. The van der Waals surface area contributed by atoms with Crippen LogP contribution in [0.4, 0.5) is 11.4 Å². The van der Waals surface area contributed by atoms with Crippen molar-refractivity contribution in [2.75, 3.05) is 29.9 Å². The number of amides is 1. The maximum absolute atomic E-state index is 12.7. The van der Waals surface area contributed by atoms with Crippen molar-refractivity contribution in [3.63, 3.8) is 0 Å². The van der Waals surface area contributed by atoms with Gasteiger partial charge >= 0.3 is 11.9 Å². The second-order valence-corrected chi connectivity index (χ2v) is 15.2. The van der Waals surface area contributed by atoms with E-state index in [4.69, 9.17) is 0 Å². The van der Waals surface area contributed by atoms with Gasteiger partial charge in [-0.15, -0.1) is 0 Å². The molecule has 6 rings (SSSR count). The number of benzene rings is 4. The molecule has 0 aliphatic carbocycles. The summed E-state index contributed by atoms with van der Waals surface area (Å²) in [4.78, 5) is 41.6. The first-order valence-electron chi connectivity index (χ1n) is 18.9. The molecule has 4 aromatic carbocycles. The largest absolute Gasteiger partial charge is 0.478 e. The van der Waals surface area contributed by atoms with Crippen LogP contribution in [0.2, 0.25) is 0 Å². The first-order valence-corrected chi connectivity index (χ1v) is 18.9. The number of nitrogens with zero attached hydrogens (tertiary/aromatic N) is 2. The number of hydrogen-bond acceptors (Lipinski definition) is 5. The molecule has 0 saturated carbocycles. The monoisotopic (exact) mass is 725 g/mol. The van der Waals surface area contributed by atoms with Crippen molar-refractivity contribution in [2.45, 2.75) is 76.2 Å². The lowest BCUT2D eigenvalue weighted by Crippen LogP contribution is -2.43. The summed E-state index contributed by atoms with van der Waals surface area (Å²) in [5.74, 6) is -1.99. The van der Waals surface area contributed by atoms with Gasteiger partial charge < -0.3 is 25.3 Å². The Morgan fingerprint density at radius 1 is 0.741 bits per heavy atom. The quantitative estimate of drug-likeness (QED) is 0.113. The van der Waals surface area contributed by atoms with Gasteiger partial charge in [-0.1, -0.05) is 93.6 Å². The lowest BCUT2D eigenvalue weighted by Gasteiger charge is -2.35. The minimum Gasteiger partial charge on any atom is -0.478 e. The average molecular weight is 726 g/mol. The van der Waals surface area contributed by atoms with Crippen molar-refractivity contribution in [3.8, 4) is 0 Å². The molecule has 2 heterocycles. The highest BCUT2D eigenvalue weighted by atomic mass is 16.4. The Bertz CT molecular complexity index is 2060. The lowest BCUT2D eigenvalue weighted by molar-refractivity contribution is -0.121. The molecule has 0 saturated heterocycles. The summed E-state index contributed by atoms with van der Waals surface area (Å²) in [6, 6.07) is 31.5. The predicted molar refractivity (Wildman–Crippen MR) is 216 cm³/mol. The second kappa shape index (κ2) is 16.2. The third-order valence-corrected chi connectivity index (χ3v) is 11.4. The van der Waals surface area contributed by atoms with E-state index in [1.54, 1.807) is 25.2 Å². The average Bonchev–Trinajstić information content (AvgIpc) is 3.53. The molecule has 3 N–H and O–H groups in total. The summed E-state index contributed by atoms with van der Waals surface area (Å²) in [6.45, 7) is 7.96. The van der Waals surface area contributed by atoms with Gasteiger partial charge in [0.2, 0.25) is 5.91 Å². The molecule has 2 aliphatic rings. The SMILES string of the molecule is CNC(=O)CCC1(C)c2cc(C(=O)O)ccc2N(CCCc2ccccc2)C1/C=C/C=C1/N(CCCc2ccccc2)c2ccc(C(=O)O)cc2C1(C)C. The van der Waals surface area contributed by atoms with Crippen LogP contribution in [0, 0.1) is 0 Å². The Kier molecular flexibility index (Phi) is 11.4. The number of fused-ring (bicyclic) bond motifs is 2. The minimum absolute atomic E-state index is 0.0584. The number of carbonyl (C=O) groups is 3. The maximum Gasteiger partial charge on any atom is 0.335 e. The molecule has 280 valence electrons. The molecular formula is C46H51N3O5. The van der Waals surface area contributed by atoms with Crippen LogP contribution in [0.25, 0.3) is 0 Å². The molecule has 8 nitrogen and oxygen atoms in total. The Balaban J connectivity index is 1.38. The molecule has 2 atom stereocenters. The van der Waals surface area contributed by atoms with Gasteiger partial charge in [0.25, 0.3) is 0 Å². The van der Waals surface area contributed by atoms with Gasteiger partial charge in [-0.05, 0) is 96.8 Å². The summed E-state index contributed by atoms with van der Waals surface area (Å²) in [7, 11) is 1.64. The summed E-state index contributed by atoms with van der Waals surface area (Å²) in [5, 5.41) is 22.6. The molecule has 1 amide bonds. The Hall–Kier alpha value is -5.63. The zero-order chi connectivity index (χ0) is 38.5. The molecular weight excluding hydrogens is 675 g/mol. The van der Waals surface area contributed by atoms with Crippen LogP contribution in [-0.2, 0) is 28.5 Å². The molecule has 4 aromatic rings. The highest BCUT2D eigenvalue weighted by molar-refractivity contribution is 5.90. The number of nitrogens with one attached hydrogen (secondary N) is 1. The van der Waals surface area contributed by atoms with Crippen molar-refractivity contribution in [3.05, 3.63) is 154 Å². The van der Waals surface area contributed by atoms with Gasteiger partial charge in [-0.2, -0.15) is 0 Å². The van der Waals surface area contributed by atoms with E-state index in [0.29, 0.717) is 12.8 Å². The van der Waals surface area contributed by atoms with Crippen molar-refractivity contribution < 1.29 is 24.6 Å². The molecule has 0 fully saturated rings. The van der Waals surface area contributed by atoms with E-state index in [2.05, 4.69) is 103 Å². The number of carbonyl (C=O) groups excluding carboxylic acids is 1. The van der Waals surface area contributed by atoms with Gasteiger partial charge in [-0.25, -0.2) is 9.59 Å². The van der Waals surface area contributed by atoms with Crippen molar-refractivity contribution in [1.29, 1.82) is 0 Å². The minimum atomic E-state index is -0.979. The summed E-state index contributed by atoms with van der Waals surface area (Å²) < 4.78 is 0. The van der Waals surface area contributed by atoms with Crippen LogP contribution in [0.5, 0.6) is 0 Å². The number of carboxylic acids is 2. The number of aromatic carboxylic acids is 2. The molecule has 2 unspecified atom stereocenters. The first kappa shape index (κ1) is 38.1. The van der Waals surface area contributed by atoms with Crippen LogP contribution in [0.15, 0.2) is 121 Å². The van der Waals surface area contributed by atoms with Crippen LogP contribution < -0.4 is 15.1 Å². The van der Waals surface area contributed by atoms with E-state index in [1.807, 2.05) is 30.3 Å². The second-order valence-electron chi connectivity index (χ2n) is 15.2. The number of rotatable bonds is 15. The standard InChI is InChI=1S/C46H51N3O5/c1-45(2)36-30-34(43(51)52)22-24-38(36)48(28-12-18-32-14-7-5-8-15-32)40(45)20-11-21-41-46(3,27-26-42(50)47-4)37-31-35(44(53)54)23-25-39(37)49(41)29-13-19-33-16-9-6-10-17-33/h5-11,14-17,20-25,30-31,41H,12-13,18-19,26-29H2,1-4H3,(H,47,50)(H,51,52)(H,53,54)/b21-11+,40-20+. The van der Waals surface area contributed by atoms with Gasteiger partial charge in [0, 0.05) is 54.5 Å². The Morgan fingerprint density at radius 2 is 1.30 bits per heavy atom. The molecule has 8 heteroatoms. The van der Waals surface area contributed by atoms with Crippen molar-refractivity contribution in [1.82, 2.24) is 5.32 Å². The first-order chi connectivity index (χ1) is 25.9. The maximum atomic E-state index is 12.7. The Morgan fingerprint density at radius 3 is 1.87 bits per heavy atom. The number of allylic oxidation sites excluding steroid dienone is 3. The molecule has 0 radical (unpaired) electrons. The van der Waals surface area contributed by atoms with E-state index in [0.717, 1.165) is 67.0 Å². The van der Waals surface area contributed by atoms with Crippen molar-refractivity contribution in [2.24, 2.45) is 0 Å².